The van der Waals surface area contributed by atoms with Gasteiger partial charge in [-0.15, -0.1) is 0 Å². The third-order valence-corrected chi connectivity index (χ3v) is 2.38. The summed E-state index contributed by atoms with van der Waals surface area (Å²) in [5, 5.41) is 8.62. The molecule has 0 fully saturated rings. The zero-order valence-electron chi connectivity index (χ0n) is 9.73. The zero-order chi connectivity index (χ0) is 12.8. The van der Waals surface area contributed by atoms with Crippen LogP contribution in [0.15, 0.2) is 12.1 Å². The Labute approximate surface area is 99.0 Å². The summed E-state index contributed by atoms with van der Waals surface area (Å²) in [5.74, 6) is 0.0313. The Morgan fingerprint density at radius 2 is 1.88 bits per heavy atom. The highest BCUT2D eigenvalue weighted by atomic mass is 16.5. The Bertz CT molecular complexity index is 425. The van der Waals surface area contributed by atoms with E-state index < -0.39 is 5.97 Å². The van der Waals surface area contributed by atoms with E-state index in [4.69, 9.17) is 14.6 Å². The van der Waals surface area contributed by atoms with Crippen LogP contribution >= 0.6 is 0 Å². The summed E-state index contributed by atoms with van der Waals surface area (Å²) in [6.45, 7) is 0. The molecule has 1 aromatic carbocycles. The van der Waals surface area contributed by atoms with Crippen molar-refractivity contribution in [3.05, 3.63) is 23.3 Å². The molecule has 0 heterocycles. The lowest BCUT2D eigenvalue weighted by atomic mass is 10.0. The van der Waals surface area contributed by atoms with Gasteiger partial charge >= 0.3 is 5.97 Å². The molecule has 0 bridgehead atoms. The van der Waals surface area contributed by atoms with Gasteiger partial charge in [-0.1, -0.05) is 0 Å². The Hall–Kier alpha value is -2.04. The van der Waals surface area contributed by atoms with Crippen LogP contribution in [0.4, 0.5) is 0 Å². The molecule has 0 aliphatic rings. The van der Waals surface area contributed by atoms with Crippen LogP contribution in [-0.2, 0) is 11.2 Å². The maximum absolute atomic E-state index is 10.9. The van der Waals surface area contributed by atoms with Gasteiger partial charge in [-0.3, -0.25) is 9.59 Å². The fraction of sp³-hybridized carbons (Fsp3) is 0.333. The topological polar surface area (TPSA) is 72.8 Å². The van der Waals surface area contributed by atoms with Gasteiger partial charge in [0.05, 0.1) is 14.2 Å². The number of carboxylic acid groups (broad SMARTS) is 1. The van der Waals surface area contributed by atoms with E-state index in [1.807, 2.05) is 0 Å². The SMILES string of the molecule is COc1cc(C=O)c(CCC(=O)O)cc1OC. The smallest absolute Gasteiger partial charge is 0.303 e. The highest BCUT2D eigenvalue weighted by Crippen LogP contribution is 2.30. The quantitative estimate of drug-likeness (QED) is 0.761. The van der Waals surface area contributed by atoms with Gasteiger partial charge < -0.3 is 14.6 Å². The van der Waals surface area contributed by atoms with Crippen LogP contribution in [0.25, 0.3) is 0 Å². The molecule has 0 saturated carbocycles. The Balaban J connectivity index is 3.09. The molecule has 0 aliphatic heterocycles. The van der Waals surface area contributed by atoms with E-state index in [1.54, 1.807) is 12.1 Å². The van der Waals surface area contributed by atoms with Crippen LogP contribution in [0.5, 0.6) is 11.5 Å². The van der Waals surface area contributed by atoms with Gasteiger partial charge in [-0.2, -0.15) is 0 Å². The Morgan fingerprint density at radius 3 is 2.35 bits per heavy atom. The van der Waals surface area contributed by atoms with Gasteiger partial charge in [0.15, 0.2) is 11.5 Å². The first-order chi connectivity index (χ1) is 8.12. The summed E-state index contributed by atoms with van der Waals surface area (Å²) in [7, 11) is 2.96. The van der Waals surface area contributed by atoms with Crippen molar-refractivity contribution in [3.63, 3.8) is 0 Å². The number of carbonyl (C=O) groups excluding carboxylic acids is 1. The number of rotatable bonds is 6. The molecule has 0 amide bonds. The number of aldehydes is 1. The van der Waals surface area contributed by atoms with Crippen LogP contribution < -0.4 is 9.47 Å². The van der Waals surface area contributed by atoms with Crippen molar-refractivity contribution < 1.29 is 24.2 Å². The summed E-state index contributed by atoms with van der Waals surface area (Å²) in [6.07, 6.45) is 0.930. The first-order valence-electron chi connectivity index (χ1n) is 5.04. The van der Waals surface area contributed by atoms with Gasteiger partial charge in [-0.25, -0.2) is 0 Å². The summed E-state index contributed by atoms with van der Waals surface area (Å²) in [5.41, 5.74) is 1.06. The van der Waals surface area contributed by atoms with Crippen molar-refractivity contribution in [1.29, 1.82) is 0 Å². The third kappa shape index (κ3) is 3.21. The average molecular weight is 238 g/mol. The number of carbonyl (C=O) groups is 2. The van der Waals surface area contributed by atoms with Gasteiger partial charge in [-0.05, 0) is 24.1 Å². The van der Waals surface area contributed by atoms with Crippen LogP contribution in [0.1, 0.15) is 22.3 Å². The maximum Gasteiger partial charge on any atom is 0.303 e. The number of aliphatic carboxylic acids is 1. The van der Waals surface area contributed by atoms with Crippen molar-refractivity contribution in [3.8, 4) is 11.5 Å². The van der Waals surface area contributed by atoms with Crippen molar-refractivity contribution >= 4 is 12.3 Å². The Kier molecular flexibility index (Phi) is 4.51. The van der Waals surface area contributed by atoms with Gasteiger partial charge in [0.1, 0.15) is 6.29 Å². The minimum atomic E-state index is -0.906. The normalized spacial score (nSPS) is 9.76. The second kappa shape index (κ2) is 5.89. The standard InChI is InChI=1S/C12H14O5/c1-16-10-5-8(3-4-12(14)15)9(7-13)6-11(10)17-2/h5-7H,3-4H2,1-2H3,(H,14,15). The molecule has 0 unspecified atom stereocenters. The van der Waals surface area contributed by atoms with Crippen molar-refractivity contribution in [1.82, 2.24) is 0 Å². The molecular formula is C12H14O5. The van der Waals surface area contributed by atoms with E-state index in [1.165, 1.54) is 14.2 Å². The van der Waals surface area contributed by atoms with Gasteiger partial charge in [0.25, 0.3) is 0 Å². The average Bonchev–Trinajstić information content (AvgIpc) is 2.34. The molecule has 1 rings (SSSR count). The second-order valence-electron chi connectivity index (χ2n) is 3.42. The fourth-order valence-corrected chi connectivity index (χ4v) is 1.50. The Morgan fingerprint density at radius 1 is 1.29 bits per heavy atom. The van der Waals surface area contributed by atoms with E-state index in [2.05, 4.69) is 0 Å². The molecule has 92 valence electrons. The number of carboxylic acids is 1. The summed E-state index contributed by atoms with van der Waals surface area (Å²) in [6, 6.07) is 3.18. The van der Waals surface area contributed by atoms with Crippen molar-refractivity contribution in [2.24, 2.45) is 0 Å². The number of hydrogen-bond acceptors (Lipinski definition) is 4. The zero-order valence-corrected chi connectivity index (χ0v) is 9.73. The largest absolute Gasteiger partial charge is 0.493 e. The number of benzene rings is 1. The predicted molar refractivity (Wildman–Crippen MR) is 60.9 cm³/mol. The maximum atomic E-state index is 10.9. The molecule has 0 saturated heterocycles. The number of aryl methyl sites for hydroxylation is 1. The number of methoxy groups -OCH3 is 2. The summed E-state index contributed by atoms with van der Waals surface area (Å²) < 4.78 is 10.2. The molecule has 0 aromatic heterocycles. The van der Waals surface area contributed by atoms with E-state index in [-0.39, 0.29) is 12.8 Å². The lowest BCUT2D eigenvalue weighted by Crippen LogP contribution is -2.02. The van der Waals surface area contributed by atoms with Crippen molar-refractivity contribution in [2.45, 2.75) is 12.8 Å². The van der Waals surface area contributed by atoms with E-state index in [9.17, 15) is 9.59 Å². The monoisotopic (exact) mass is 238 g/mol. The lowest BCUT2D eigenvalue weighted by Gasteiger charge is -2.11. The molecule has 0 radical (unpaired) electrons. The number of ether oxygens (including phenoxy) is 2. The molecular weight excluding hydrogens is 224 g/mol. The van der Waals surface area contributed by atoms with Crippen molar-refractivity contribution in [2.75, 3.05) is 14.2 Å². The van der Waals surface area contributed by atoms with Crippen LogP contribution in [-0.4, -0.2) is 31.6 Å². The molecule has 1 N–H and O–H groups in total. The first-order valence-corrected chi connectivity index (χ1v) is 5.04. The molecule has 1 aromatic rings. The van der Waals surface area contributed by atoms with Crippen LogP contribution in [0.3, 0.4) is 0 Å². The lowest BCUT2D eigenvalue weighted by molar-refractivity contribution is -0.136. The number of hydrogen-bond donors (Lipinski definition) is 1. The minimum Gasteiger partial charge on any atom is -0.493 e. The molecule has 5 heteroatoms. The van der Waals surface area contributed by atoms with E-state index in [0.717, 1.165) is 0 Å². The summed E-state index contributed by atoms with van der Waals surface area (Å²) >= 11 is 0. The second-order valence-corrected chi connectivity index (χ2v) is 3.42. The third-order valence-electron chi connectivity index (χ3n) is 2.38. The molecule has 0 atom stereocenters. The predicted octanol–water partition coefficient (Wildman–Crippen LogP) is 1.53. The fourth-order valence-electron chi connectivity index (χ4n) is 1.50. The van der Waals surface area contributed by atoms with E-state index in [0.29, 0.717) is 28.9 Å². The van der Waals surface area contributed by atoms with Gasteiger partial charge in [0, 0.05) is 12.0 Å². The highest BCUT2D eigenvalue weighted by molar-refractivity contribution is 5.79. The molecule has 0 spiro atoms. The van der Waals surface area contributed by atoms with Crippen LogP contribution in [0.2, 0.25) is 0 Å². The van der Waals surface area contributed by atoms with E-state index >= 15 is 0 Å². The van der Waals surface area contributed by atoms with Crippen LogP contribution in [0, 0.1) is 0 Å². The highest BCUT2D eigenvalue weighted by Gasteiger charge is 2.11. The molecule has 17 heavy (non-hydrogen) atoms. The first kappa shape index (κ1) is 13.0. The molecule has 0 aliphatic carbocycles. The molecule has 5 nitrogen and oxygen atoms in total. The minimum absolute atomic E-state index is 0.0314. The van der Waals surface area contributed by atoms with Gasteiger partial charge in [0.2, 0.25) is 0 Å². The summed E-state index contributed by atoms with van der Waals surface area (Å²) in [4.78, 5) is 21.4.